The molecule has 4 N–H and O–H groups in total. The smallest absolute Gasteiger partial charge is 0.254 e. The number of methoxy groups -OCH3 is 1. The van der Waals surface area contributed by atoms with E-state index in [9.17, 15) is 9.59 Å². The van der Waals surface area contributed by atoms with Gasteiger partial charge in [0.1, 0.15) is 11.1 Å². The van der Waals surface area contributed by atoms with Crippen molar-refractivity contribution < 1.29 is 14.3 Å². The lowest BCUT2D eigenvalue weighted by molar-refractivity contribution is -0.126. The van der Waals surface area contributed by atoms with Crippen LogP contribution in [0.3, 0.4) is 0 Å². The van der Waals surface area contributed by atoms with Gasteiger partial charge in [0, 0.05) is 12.4 Å². The van der Waals surface area contributed by atoms with E-state index in [1.807, 2.05) is 0 Å². The number of primary amides is 1. The van der Waals surface area contributed by atoms with Crippen LogP contribution in [0, 0.1) is 0 Å². The summed E-state index contributed by atoms with van der Waals surface area (Å²) in [6, 6.07) is 3.25. The molecule has 0 aromatic carbocycles. The van der Waals surface area contributed by atoms with Crippen LogP contribution in [-0.4, -0.2) is 46.8 Å². The Morgan fingerprint density at radius 2 is 2.04 bits per heavy atom. The van der Waals surface area contributed by atoms with Crippen LogP contribution in [0.2, 0.25) is 0 Å². The predicted octanol–water partition coefficient (Wildman–Crippen LogP) is 0.947. The lowest BCUT2D eigenvalue weighted by atomic mass is 9.87. The van der Waals surface area contributed by atoms with Crippen LogP contribution in [0.5, 0.6) is 5.88 Å². The van der Waals surface area contributed by atoms with E-state index >= 15 is 0 Å². The van der Waals surface area contributed by atoms with E-state index in [4.69, 9.17) is 10.5 Å². The first kappa shape index (κ1) is 22.7. The molecule has 0 atom stereocenters. The molecule has 3 heterocycles. The van der Waals surface area contributed by atoms with Crippen molar-refractivity contribution in [3.05, 3.63) is 36.3 Å². The number of hydrogen-bond acceptors (Lipinski definition) is 6. The number of aromatic nitrogens is 3. The van der Waals surface area contributed by atoms with E-state index < -0.39 is 11.4 Å². The minimum Gasteiger partial charge on any atom is -0.480 e. The quantitative estimate of drug-likeness (QED) is 0.666. The maximum absolute atomic E-state index is 13.0. The Hall–Kier alpha value is -2.36. The largest absolute Gasteiger partial charge is 0.480 e. The first-order valence-corrected chi connectivity index (χ1v) is 7.93. The maximum atomic E-state index is 13.0. The molecule has 148 valence electrons. The van der Waals surface area contributed by atoms with Crippen LogP contribution in [0.4, 0.5) is 5.69 Å². The van der Waals surface area contributed by atoms with Crippen LogP contribution in [0.15, 0.2) is 30.7 Å². The molecule has 11 heteroatoms. The second-order valence-corrected chi connectivity index (χ2v) is 5.83. The zero-order valence-electron chi connectivity index (χ0n) is 14.7. The number of ether oxygens (including phenoxy) is 1. The Balaban J connectivity index is 0.00000182. The highest BCUT2D eigenvalue weighted by molar-refractivity contribution is 5.99. The van der Waals surface area contributed by atoms with Gasteiger partial charge in [0.25, 0.3) is 11.8 Å². The Morgan fingerprint density at radius 1 is 1.33 bits per heavy atom. The Labute approximate surface area is 168 Å². The van der Waals surface area contributed by atoms with Crippen LogP contribution in [0.1, 0.15) is 23.2 Å². The highest BCUT2D eigenvalue weighted by Crippen LogP contribution is 2.29. The van der Waals surface area contributed by atoms with Gasteiger partial charge in [-0.1, -0.05) is 0 Å². The van der Waals surface area contributed by atoms with Gasteiger partial charge in [0.15, 0.2) is 0 Å². The number of nitrogens with one attached hydrogen (secondary N) is 2. The van der Waals surface area contributed by atoms with Crippen molar-refractivity contribution in [2.24, 2.45) is 5.73 Å². The number of rotatable bonds is 5. The molecule has 1 fully saturated rings. The summed E-state index contributed by atoms with van der Waals surface area (Å²) in [6.07, 6.45) is 6.07. The standard InChI is InChI=1S/C16H20N6O3.2ClH/c1-25-14-12(13(17)23)9-11(10-19-14)21-15(24)16(3-6-18-7-4-16)22-8-2-5-20-22;;/h2,5,8-10,18H,3-4,6-7H2,1H3,(H2,17,23)(H,21,24);2*1H. The highest BCUT2D eigenvalue weighted by Gasteiger charge is 2.42. The molecule has 9 nitrogen and oxygen atoms in total. The average Bonchev–Trinajstić information content (AvgIpc) is 3.17. The highest BCUT2D eigenvalue weighted by atomic mass is 35.5. The van der Waals surface area contributed by atoms with Gasteiger partial charge in [-0.15, -0.1) is 24.8 Å². The summed E-state index contributed by atoms with van der Waals surface area (Å²) in [7, 11) is 1.40. The number of hydrogen-bond donors (Lipinski definition) is 3. The summed E-state index contributed by atoms with van der Waals surface area (Å²) in [5, 5.41) is 10.3. The topological polar surface area (TPSA) is 124 Å². The summed E-state index contributed by atoms with van der Waals surface area (Å²) < 4.78 is 6.70. The summed E-state index contributed by atoms with van der Waals surface area (Å²) in [4.78, 5) is 28.6. The van der Waals surface area contributed by atoms with E-state index in [-0.39, 0.29) is 42.2 Å². The van der Waals surface area contributed by atoms with Gasteiger partial charge in [0.2, 0.25) is 5.88 Å². The molecule has 1 aliphatic heterocycles. The normalized spacial score (nSPS) is 15.0. The van der Waals surface area contributed by atoms with Crippen molar-refractivity contribution >= 4 is 42.3 Å². The van der Waals surface area contributed by atoms with E-state index in [0.29, 0.717) is 31.6 Å². The number of nitrogens with two attached hydrogens (primary N) is 1. The lowest BCUT2D eigenvalue weighted by Gasteiger charge is -2.36. The third kappa shape index (κ3) is 4.49. The number of amides is 2. The van der Waals surface area contributed by atoms with Gasteiger partial charge in [-0.2, -0.15) is 5.10 Å². The molecular formula is C16H22Cl2N6O3. The van der Waals surface area contributed by atoms with Gasteiger partial charge in [-0.3, -0.25) is 14.3 Å². The number of nitrogens with zero attached hydrogens (tertiary/aromatic N) is 3. The van der Waals surface area contributed by atoms with E-state index in [1.165, 1.54) is 19.4 Å². The van der Waals surface area contributed by atoms with Gasteiger partial charge < -0.3 is 21.1 Å². The molecule has 0 saturated carbocycles. The van der Waals surface area contributed by atoms with Crippen molar-refractivity contribution in [2.75, 3.05) is 25.5 Å². The maximum Gasteiger partial charge on any atom is 0.254 e. The minimum atomic E-state index is -0.790. The summed E-state index contributed by atoms with van der Waals surface area (Å²) in [6.45, 7) is 1.42. The monoisotopic (exact) mass is 416 g/mol. The third-order valence-corrected chi connectivity index (χ3v) is 4.36. The molecule has 0 radical (unpaired) electrons. The molecule has 27 heavy (non-hydrogen) atoms. The number of piperidine rings is 1. The molecule has 0 bridgehead atoms. The fourth-order valence-corrected chi connectivity index (χ4v) is 3.03. The van der Waals surface area contributed by atoms with Crippen LogP contribution in [-0.2, 0) is 10.3 Å². The van der Waals surface area contributed by atoms with Crippen molar-refractivity contribution in [3.63, 3.8) is 0 Å². The van der Waals surface area contributed by atoms with Crippen molar-refractivity contribution in [3.8, 4) is 5.88 Å². The Bertz CT molecular complexity index is 778. The number of anilines is 1. The fourth-order valence-electron chi connectivity index (χ4n) is 3.03. The number of pyridine rings is 1. The molecule has 2 aromatic rings. The van der Waals surface area contributed by atoms with Crippen LogP contribution in [0.25, 0.3) is 0 Å². The molecule has 2 amide bonds. The van der Waals surface area contributed by atoms with Gasteiger partial charge in [0.05, 0.1) is 19.0 Å². The molecule has 0 aliphatic carbocycles. The summed E-state index contributed by atoms with van der Waals surface area (Å²) in [5.74, 6) is -0.765. The predicted molar refractivity (Wildman–Crippen MR) is 105 cm³/mol. The number of halogens is 2. The van der Waals surface area contributed by atoms with Crippen LogP contribution >= 0.6 is 24.8 Å². The molecule has 1 saturated heterocycles. The summed E-state index contributed by atoms with van der Waals surface area (Å²) in [5.41, 5.74) is 5.04. The van der Waals surface area contributed by atoms with E-state index in [1.54, 1.807) is 23.1 Å². The fraction of sp³-hybridized carbons (Fsp3) is 0.375. The average molecular weight is 417 g/mol. The van der Waals surface area contributed by atoms with Crippen molar-refractivity contribution in [2.45, 2.75) is 18.4 Å². The summed E-state index contributed by atoms with van der Waals surface area (Å²) >= 11 is 0. The SMILES string of the molecule is COc1ncc(NC(=O)C2(n3cccn3)CCNCC2)cc1C(N)=O.Cl.Cl. The van der Waals surface area contributed by atoms with Crippen LogP contribution < -0.4 is 21.1 Å². The first-order valence-electron chi connectivity index (χ1n) is 7.93. The van der Waals surface area contributed by atoms with Gasteiger partial charge in [-0.05, 0) is 38.1 Å². The Morgan fingerprint density at radius 3 is 2.59 bits per heavy atom. The van der Waals surface area contributed by atoms with Crippen molar-refractivity contribution in [1.82, 2.24) is 20.1 Å². The number of carbonyl (C=O) groups is 2. The zero-order chi connectivity index (χ0) is 17.9. The lowest BCUT2D eigenvalue weighted by Crippen LogP contribution is -2.52. The Kier molecular flexibility index (Phi) is 8.01. The second-order valence-electron chi connectivity index (χ2n) is 5.83. The van der Waals surface area contributed by atoms with Gasteiger partial charge in [-0.25, -0.2) is 4.98 Å². The van der Waals surface area contributed by atoms with E-state index in [2.05, 4.69) is 20.7 Å². The molecule has 0 unspecified atom stereocenters. The zero-order valence-corrected chi connectivity index (χ0v) is 16.3. The molecule has 0 spiro atoms. The molecule has 1 aliphatic rings. The third-order valence-electron chi connectivity index (χ3n) is 4.36. The second kappa shape index (κ2) is 9.54. The molecule has 2 aromatic heterocycles. The molecule has 3 rings (SSSR count). The van der Waals surface area contributed by atoms with Gasteiger partial charge >= 0.3 is 0 Å². The minimum absolute atomic E-state index is 0. The molecular weight excluding hydrogens is 395 g/mol. The van der Waals surface area contributed by atoms with E-state index in [0.717, 1.165) is 0 Å². The van der Waals surface area contributed by atoms with Crippen molar-refractivity contribution in [1.29, 1.82) is 0 Å². The first-order chi connectivity index (χ1) is 12.1. The number of carbonyl (C=O) groups excluding carboxylic acids is 2.